The van der Waals surface area contributed by atoms with E-state index in [9.17, 15) is 0 Å². The third-order valence-corrected chi connectivity index (χ3v) is 5.00. The van der Waals surface area contributed by atoms with Crippen molar-refractivity contribution < 1.29 is 0 Å². The Morgan fingerprint density at radius 2 is 1.19 bits per heavy atom. The lowest BCUT2D eigenvalue weighted by Gasteiger charge is -2.64. The van der Waals surface area contributed by atoms with Gasteiger partial charge in [0.05, 0.1) is 0 Å². The fourth-order valence-corrected chi connectivity index (χ4v) is 3.75. The van der Waals surface area contributed by atoms with Crippen LogP contribution >= 0.6 is 0 Å². The van der Waals surface area contributed by atoms with Crippen LogP contribution in [-0.2, 0) is 0 Å². The minimum Gasteiger partial charge on any atom is -0.297 e. The first kappa shape index (κ1) is 11.0. The zero-order chi connectivity index (χ0) is 11.2. The fourth-order valence-electron chi connectivity index (χ4n) is 3.75. The van der Waals surface area contributed by atoms with E-state index in [4.69, 9.17) is 0 Å². The molecule has 0 aliphatic carbocycles. The third kappa shape index (κ3) is 1.30. The molecule has 0 radical (unpaired) electrons. The van der Waals surface area contributed by atoms with Crippen LogP contribution in [0.15, 0.2) is 0 Å². The number of piperazine rings is 1. The minimum atomic E-state index is 0.101. The average molecular weight is 224 g/mol. The Labute approximate surface area is 98.4 Å². The predicted molar refractivity (Wildman–Crippen MR) is 65.2 cm³/mol. The average Bonchev–Trinajstić information content (AvgIpc) is 2.29. The maximum atomic E-state index is 3.76. The zero-order valence-corrected chi connectivity index (χ0v) is 10.6. The lowest BCUT2D eigenvalue weighted by atomic mass is 9.85. The van der Waals surface area contributed by atoms with Gasteiger partial charge in [-0.3, -0.25) is 20.4 Å². The minimum absolute atomic E-state index is 0.101. The Hall–Kier alpha value is -0.160. The molecule has 3 aliphatic rings. The summed E-state index contributed by atoms with van der Waals surface area (Å²) in [5.41, 5.74) is 0.202. The number of rotatable bonds is 0. The van der Waals surface area contributed by atoms with Gasteiger partial charge in [0.1, 0.15) is 11.3 Å². The van der Waals surface area contributed by atoms with Crippen LogP contribution in [0.25, 0.3) is 0 Å². The number of hydrogen-bond donors (Lipinski definition) is 2. The van der Waals surface area contributed by atoms with Gasteiger partial charge in [-0.25, -0.2) is 0 Å². The normalized spacial score (nSPS) is 46.1. The highest BCUT2D eigenvalue weighted by molar-refractivity contribution is 5.10. The van der Waals surface area contributed by atoms with Crippen molar-refractivity contribution in [2.24, 2.45) is 0 Å². The van der Waals surface area contributed by atoms with Crippen molar-refractivity contribution >= 4 is 0 Å². The molecule has 16 heavy (non-hydrogen) atoms. The van der Waals surface area contributed by atoms with Crippen molar-refractivity contribution in [3.63, 3.8) is 0 Å². The fraction of sp³-hybridized carbons (Fsp3) is 1.00. The quantitative estimate of drug-likeness (QED) is 0.607. The Morgan fingerprint density at radius 3 is 1.62 bits per heavy atom. The molecule has 2 atom stereocenters. The summed E-state index contributed by atoms with van der Waals surface area (Å²) in [5, 5.41) is 7.52. The van der Waals surface area contributed by atoms with Gasteiger partial charge in [-0.2, -0.15) is 0 Å². The van der Waals surface area contributed by atoms with E-state index in [1.165, 1.54) is 39.0 Å². The summed E-state index contributed by atoms with van der Waals surface area (Å²) < 4.78 is 0. The van der Waals surface area contributed by atoms with E-state index in [1.807, 2.05) is 0 Å². The lowest BCUT2D eigenvalue weighted by molar-refractivity contribution is -0.157. The molecule has 92 valence electrons. The zero-order valence-electron chi connectivity index (χ0n) is 10.6. The van der Waals surface area contributed by atoms with E-state index in [2.05, 4.69) is 34.3 Å². The van der Waals surface area contributed by atoms with Gasteiger partial charge in [0.15, 0.2) is 0 Å². The third-order valence-electron chi connectivity index (χ3n) is 5.00. The summed E-state index contributed by atoms with van der Waals surface area (Å²) >= 11 is 0. The molecule has 0 unspecified atom stereocenters. The number of nitrogens with one attached hydrogen (secondary N) is 2. The molecule has 4 heteroatoms. The SMILES string of the molecule is C[C@]12NCCCN1CCN1CCCN[C@@]12C. The van der Waals surface area contributed by atoms with Gasteiger partial charge >= 0.3 is 0 Å². The Kier molecular flexibility index (Phi) is 2.51. The maximum Gasteiger partial charge on any atom is 0.101 e. The van der Waals surface area contributed by atoms with Gasteiger partial charge in [0, 0.05) is 26.2 Å². The van der Waals surface area contributed by atoms with Crippen molar-refractivity contribution in [1.82, 2.24) is 20.4 Å². The molecule has 4 nitrogen and oxygen atoms in total. The molecular weight excluding hydrogens is 200 g/mol. The monoisotopic (exact) mass is 224 g/mol. The summed E-state index contributed by atoms with van der Waals surface area (Å²) in [7, 11) is 0. The number of fused-ring (bicyclic) bond motifs is 3. The molecule has 0 bridgehead atoms. The molecule has 0 aromatic carbocycles. The molecule has 0 aromatic heterocycles. The first-order valence-corrected chi connectivity index (χ1v) is 6.67. The molecule has 0 aromatic rings. The van der Waals surface area contributed by atoms with Crippen LogP contribution in [0.3, 0.4) is 0 Å². The van der Waals surface area contributed by atoms with Gasteiger partial charge in [0.2, 0.25) is 0 Å². The van der Waals surface area contributed by atoms with E-state index < -0.39 is 0 Å². The second-order valence-corrected chi connectivity index (χ2v) is 5.68. The lowest BCUT2D eigenvalue weighted by Crippen LogP contribution is -2.85. The predicted octanol–water partition coefficient (Wildman–Crippen LogP) is 0.0230. The maximum absolute atomic E-state index is 3.76. The van der Waals surface area contributed by atoms with Gasteiger partial charge in [0.25, 0.3) is 0 Å². The van der Waals surface area contributed by atoms with Crippen LogP contribution in [-0.4, -0.2) is 60.4 Å². The Bertz CT molecular complexity index is 254. The van der Waals surface area contributed by atoms with Crippen molar-refractivity contribution in [3.05, 3.63) is 0 Å². The van der Waals surface area contributed by atoms with E-state index in [0.717, 1.165) is 13.1 Å². The van der Waals surface area contributed by atoms with Gasteiger partial charge < -0.3 is 0 Å². The smallest absolute Gasteiger partial charge is 0.101 e. The molecule has 0 amide bonds. The van der Waals surface area contributed by atoms with Crippen molar-refractivity contribution in [2.45, 2.75) is 38.0 Å². The molecule has 3 heterocycles. The van der Waals surface area contributed by atoms with E-state index in [0.29, 0.717) is 0 Å². The van der Waals surface area contributed by atoms with Crippen LogP contribution in [0.1, 0.15) is 26.7 Å². The van der Waals surface area contributed by atoms with Gasteiger partial charge in [-0.15, -0.1) is 0 Å². The summed E-state index contributed by atoms with van der Waals surface area (Å²) in [5.74, 6) is 0. The van der Waals surface area contributed by atoms with Gasteiger partial charge in [-0.1, -0.05) is 0 Å². The Balaban J connectivity index is 1.94. The molecule has 3 aliphatic heterocycles. The van der Waals surface area contributed by atoms with Crippen molar-refractivity contribution in [1.29, 1.82) is 0 Å². The summed E-state index contributed by atoms with van der Waals surface area (Å²) in [6.07, 6.45) is 2.57. The first-order chi connectivity index (χ1) is 7.67. The standard InChI is InChI=1S/C12H24N4/c1-11-12(2)14-6-4-8-16(12)10-9-15(11)7-3-5-13-11/h13-14H,3-10H2,1-2H3/t11-,12-/m0/s1. The van der Waals surface area contributed by atoms with E-state index in [-0.39, 0.29) is 11.3 Å². The molecule has 3 saturated heterocycles. The highest BCUT2D eigenvalue weighted by Crippen LogP contribution is 2.36. The second-order valence-electron chi connectivity index (χ2n) is 5.68. The molecule has 3 rings (SSSR count). The molecule has 3 fully saturated rings. The van der Waals surface area contributed by atoms with Crippen LogP contribution < -0.4 is 10.6 Å². The highest BCUT2D eigenvalue weighted by atomic mass is 15.5. The van der Waals surface area contributed by atoms with Crippen molar-refractivity contribution in [3.8, 4) is 0 Å². The topological polar surface area (TPSA) is 30.5 Å². The second kappa shape index (κ2) is 3.67. The highest BCUT2D eigenvalue weighted by Gasteiger charge is 2.56. The van der Waals surface area contributed by atoms with E-state index in [1.54, 1.807) is 0 Å². The summed E-state index contributed by atoms with van der Waals surface area (Å²) in [6, 6.07) is 0. The number of nitrogens with zero attached hydrogens (tertiary/aromatic N) is 2. The molecular formula is C12H24N4. The molecule has 2 N–H and O–H groups in total. The molecule has 0 spiro atoms. The summed E-state index contributed by atoms with van der Waals surface area (Å²) in [4.78, 5) is 5.26. The van der Waals surface area contributed by atoms with Crippen molar-refractivity contribution in [2.75, 3.05) is 39.3 Å². The summed E-state index contributed by atoms with van der Waals surface area (Å²) in [6.45, 7) is 12.0. The Morgan fingerprint density at radius 1 is 0.750 bits per heavy atom. The van der Waals surface area contributed by atoms with Crippen LogP contribution in [0.4, 0.5) is 0 Å². The number of hydrogen-bond acceptors (Lipinski definition) is 4. The van der Waals surface area contributed by atoms with E-state index >= 15 is 0 Å². The van der Waals surface area contributed by atoms with Crippen LogP contribution in [0.2, 0.25) is 0 Å². The first-order valence-electron chi connectivity index (χ1n) is 6.67. The van der Waals surface area contributed by atoms with Crippen LogP contribution in [0.5, 0.6) is 0 Å². The van der Waals surface area contributed by atoms with Gasteiger partial charge in [-0.05, 0) is 39.8 Å². The largest absolute Gasteiger partial charge is 0.297 e. The van der Waals surface area contributed by atoms with Crippen LogP contribution in [0, 0.1) is 0 Å². The molecule has 0 saturated carbocycles.